The van der Waals surface area contributed by atoms with Gasteiger partial charge >= 0.3 is 6.18 Å². The lowest BCUT2D eigenvalue weighted by molar-refractivity contribution is -0.137. The number of benzene rings is 2. The van der Waals surface area contributed by atoms with E-state index in [9.17, 15) is 13.2 Å². The van der Waals surface area contributed by atoms with Crippen LogP contribution in [0.2, 0.25) is 5.02 Å². The Kier molecular flexibility index (Phi) is 5.81. The monoisotopic (exact) mass is 437 g/mol. The van der Waals surface area contributed by atoms with Crippen LogP contribution >= 0.6 is 22.9 Å². The highest BCUT2D eigenvalue weighted by Crippen LogP contribution is 2.32. The van der Waals surface area contributed by atoms with Crippen molar-refractivity contribution in [3.63, 3.8) is 0 Å². The maximum atomic E-state index is 12.9. The van der Waals surface area contributed by atoms with Crippen LogP contribution in [-0.2, 0) is 12.7 Å². The molecule has 1 aliphatic heterocycles. The van der Waals surface area contributed by atoms with Crippen molar-refractivity contribution in [2.45, 2.75) is 12.7 Å². The fourth-order valence-electron chi connectivity index (χ4n) is 3.41. The van der Waals surface area contributed by atoms with Crippen LogP contribution in [0.15, 0.2) is 53.9 Å². The first-order chi connectivity index (χ1) is 13.9. The quantitative estimate of drug-likeness (QED) is 0.514. The third-order valence-corrected chi connectivity index (χ3v) is 6.21. The summed E-state index contributed by atoms with van der Waals surface area (Å²) in [6, 6.07) is 13.2. The van der Waals surface area contributed by atoms with Crippen molar-refractivity contribution in [3.8, 4) is 10.6 Å². The van der Waals surface area contributed by atoms with Crippen molar-refractivity contribution in [3.05, 3.63) is 70.2 Å². The largest absolute Gasteiger partial charge is 0.416 e. The van der Waals surface area contributed by atoms with Crippen LogP contribution in [0.25, 0.3) is 10.6 Å². The standard InChI is InChI=1S/C21H19ClF3N3S/c22-19-7-2-1-6-18(19)20-26-16(14-29-20)13-27-8-10-28(11-9-27)17-5-3-4-15(12-17)21(23,24)25/h1-7,12,14H,8-11,13H2. The van der Waals surface area contributed by atoms with Crippen LogP contribution in [0.1, 0.15) is 11.3 Å². The van der Waals surface area contributed by atoms with Gasteiger partial charge in [-0.1, -0.05) is 35.9 Å². The molecule has 0 aliphatic carbocycles. The minimum atomic E-state index is -4.32. The molecule has 3 nitrogen and oxygen atoms in total. The van der Waals surface area contributed by atoms with Crippen molar-refractivity contribution in [2.75, 3.05) is 31.1 Å². The molecule has 0 bridgehead atoms. The Morgan fingerprint density at radius 2 is 1.76 bits per heavy atom. The summed E-state index contributed by atoms with van der Waals surface area (Å²) in [6.45, 7) is 3.63. The minimum absolute atomic E-state index is 0.605. The van der Waals surface area contributed by atoms with E-state index < -0.39 is 11.7 Å². The van der Waals surface area contributed by atoms with Gasteiger partial charge in [0.05, 0.1) is 16.3 Å². The van der Waals surface area contributed by atoms with Gasteiger partial charge in [-0.2, -0.15) is 13.2 Å². The molecule has 1 aliphatic rings. The third-order valence-electron chi connectivity index (χ3n) is 4.95. The lowest BCUT2D eigenvalue weighted by atomic mass is 10.1. The third kappa shape index (κ3) is 4.74. The van der Waals surface area contributed by atoms with E-state index in [2.05, 4.69) is 4.90 Å². The average molecular weight is 438 g/mol. The van der Waals surface area contributed by atoms with E-state index in [-0.39, 0.29) is 0 Å². The molecule has 0 amide bonds. The van der Waals surface area contributed by atoms with Crippen LogP contribution in [0.4, 0.5) is 18.9 Å². The maximum absolute atomic E-state index is 12.9. The summed E-state index contributed by atoms with van der Waals surface area (Å²) in [5.74, 6) is 0. The lowest BCUT2D eigenvalue weighted by Gasteiger charge is -2.36. The molecule has 1 aromatic heterocycles. The molecule has 29 heavy (non-hydrogen) atoms. The first kappa shape index (κ1) is 20.2. The minimum Gasteiger partial charge on any atom is -0.369 e. The fourth-order valence-corrected chi connectivity index (χ4v) is 4.54. The molecule has 0 spiro atoms. The molecule has 8 heteroatoms. The molecule has 2 heterocycles. The van der Waals surface area contributed by atoms with Gasteiger partial charge < -0.3 is 4.90 Å². The molecule has 0 unspecified atom stereocenters. The number of nitrogens with zero attached hydrogens (tertiary/aromatic N) is 3. The van der Waals surface area contributed by atoms with Crippen molar-refractivity contribution < 1.29 is 13.2 Å². The van der Waals surface area contributed by atoms with E-state index in [1.165, 1.54) is 12.1 Å². The van der Waals surface area contributed by atoms with E-state index in [1.807, 2.05) is 34.5 Å². The van der Waals surface area contributed by atoms with Gasteiger partial charge in [-0.25, -0.2) is 4.98 Å². The fraction of sp³-hybridized carbons (Fsp3) is 0.286. The Hall–Kier alpha value is -2.09. The second-order valence-corrected chi connectivity index (χ2v) is 8.20. The van der Waals surface area contributed by atoms with Crippen molar-refractivity contribution >= 4 is 28.6 Å². The van der Waals surface area contributed by atoms with E-state index in [0.29, 0.717) is 23.8 Å². The van der Waals surface area contributed by atoms with Gasteiger partial charge in [0.15, 0.2) is 0 Å². The molecule has 152 valence electrons. The topological polar surface area (TPSA) is 19.4 Å². The summed E-state index contributed by atoms with van der Waals surface area (Å²) in [6.07, 6.45) is -4.32. The molecule has 1 saturated heterocycles. The Labute approximate surface area is 176 Å². The van der Waals surface area contributed by atoms with Crippen LogP contribution < -0.4 is 4.90 Å². The number of hydrogen-bond acceptors (Lipinski definition) is 4. The van der Waals surface area contributed by atoms with Crippen LogP contribution in [0.3, 0.4) is 0 Å². The molecule has 4 rings (SSSR count). The number of aromatic nitrogens is 1. The summed E-state index contributed by atoms with van der Waals surface area (Å²) in [5, 5.41) is 3.62. The Balaban J connectivity index is 1.37. The second kappa shape index (κ2) is 8.34. The van der Waals surface area contributed by atoms with Crippen molar-refractivity contribution in [2.24, 2.45) is 0 Å². The molecule has 0 saturated carbocycles. The molecule has 0 N–H and O–H groups in total. The lowest BCUT2D eigenvalue weighted by Crippen LogP contribution is -2.46. The molecule has 1 fully saturated rings. The van der Waals surface area contributed by atoms with E-state index >= 15 is 0 Å². The van der Waals surface area contributed by atoms with Gasteiger partial charge in [0.25, 0.3) is 0 Å². The van der Waals surface area contributed by atoms with Gasteiger partial charge in [0, 0.05) is 49.4 Å². The van der Waals surface area contributed by atoms with Crippen molar-refractivity contribution in [1.29, 1.82) is 0 Å². The van der Waals surface area contributed by atoms with Crippen molar-refractivity contribution in [1.82, 2.24) is 9.88 Å². The van der Waals surface area contributed by atoms with Gasteiger partial charge in [0.1, 0.15) is 5.01 Å². The Morgan fingerprint density at radius 3 is 2.48 bits per heavy atom. The van der Waals surface area contributed by atoms with Crippen LogP contribution in [0, 0.1) is 0 Å². The predicted molar refractivity (Wildman–Crippen MR) is 111 cm³/mol. The second-order valence-electron chi connectivity index (χ2n) is 6.94. The highest BCUT2D eigenvalue weighted by molar-refractivity contribution is 7.13. The molecule has 3 aromatic rings. The molecule has 2 aromatic carbocycles. The number of hydrogen-bond donors (Lipinski definition) is 0. The first-order valence-electron chi connectivity index (χ1n) is 9.24. The highest BCUT2D eigenvalue weighted by atomic mass is 35.5. The number of rotatable bonds is 4. The Morgan fingerprint density at radius 1 is 1.00 bits per heavy atom. The molecular weight excluding hydrogens is 419 g/mol. The SMILES string of the molecule is FC(F)(F)c1cccc(N2CCN(Cc3csc(-c4ccccc4Cl)n3)CC2)c1. The zero-order chi connectivity index (χ0) is 20.4. The summed E-state index contributed by atoms with van der Waals surface area (Å²) in [4.78, 5) is 8.98. The summed E-state index contributed by atoms with van der Waals surface area (Å²) in [7, 11) is 0. The molecule has 0 radical (unpaired) electrons. The van der Waals surface area contributed by atoms with E-state index in [4.69, 9.17) is 16.6 Å². The summed E-state index contributed by atoms with van der Waals surface area (Å²) >= 11 is 7.82. The zero-order valence-corrected chi connectivity index (χ0v) is 17.1. The van der Waals surface area contributed by atoms with E-state index in [0.717, 1.165) is 42.0 Å². The van der Waals surface area contributed by atoms with Gasteiger partial charge in [-0.3, -0.25) is 4.90 Å². The maximum Gasteiger partial charge on any atom is 0.416 e. The molecular formula is C21H19ClF3N3S. The number of thiazole rings is 1. The predicted octanol–water partition coefficient (Wildman–Crippen LogP) is 5.80. The van der Waals surface area contributed by atoms with Gasteiger partial charge in [0.2, 0.25) is 0 Å². The normalized spacial score (nSPS) is 15.7. The Bertz CT molecular complexity index is 981. The first-order valence-corrected chi connectivity index (χ1v) is 10.5. The van der Waals surface area contributed by atoms with Crippen LogP contribution in [-0.4, -0.2) is 36.1 Å². The smallest absolute Gasteiger partial charge is 0.369 e. The summed E-state index contributed by atoms with van der Waals surface area (Å²) < 4.78 is 38.8. The number of halogens is 4. The average Bonchev–Trinajstić information content (AvgIpc) is 3.16. The highest BCUT2D eigenvalue weighted by Gasteiger charge is 2.31. The zero-order valence-electron chi connectivity index (χ0n) is 15.5. The number of anilines is 1. The molecule has 0 atom stereocenters. The number of alkyl halides is 3. The van der Waals surface area contributed by atoms with Gasteiger partial charge in [-0.05, 0) is 24.3 Å². The van der Waals surface area contributed by atoms with E-state index in [1.54, 1.807) is 17.4 Å². The van der Waals surface area contributed by atoms with Crippen LogP contribution in [0.5, 0.6) is 0 Å². The van der Waals surface area contributed by atoms with Gasteiger partial charge in [-0.15, -0.1) is 11.3 Å². The number of piperazine rings is 1. The summed E-state index contributed by atoms with van der Waals surface area (Å²) in [5.41, 5.74) is 1.93.